The molecule has 0 bridgehead atoms. The Balaban J connectivity index is 2.18. The molecule has 0 radical (unpaired) electrons. The fourth-order valence-corrected chi connectivity index (χ4v) is 4.82. The molecular formula is C31H53NO. The van der Waals surface area contributed by atoms with Gasteiger partial charge in [-0.15, -0.1) is 0 Å². The Morgan fingerprint density at radius 1 is 0.636 bits per heavy atom. The molecule has 0 heterocycles. The van der Waals surface area contributed by atoms with Gasteiger partial charge in [0.05, 0.1) is 5.69 Å². The predicted molar refractivity (Wildman–Crippen MR) is 146 cm³/mol. The molecule has 1 aromatic carbocycles. The Labute approximate surface area is 206 Å². The second-order valence-electron chi connectivity index (χ2n) is 10.7. The van der Waals surface area contributed by atoms with E-state index in [4.69, 9.17) is 0 Å². The molecule has 0 atom stereocenters. The van der Waals surface area contributed by atoms with Gasteiger partial charge in [-0.05, 0) is 41.4 Å². The van der Waals surface area contributed by atoms with E-state index in [1.807, 2.05) is 0 Å². The van der Waals surface area contributed by atoms with Crippen LogP contribution < -0.4 is 0 Å². The van der Waals surface area contributed by atoms with Gasteiger partial charge in [0, 0.05) is 0 Å². The zero-order valence-electron chi connectivity index (χ0n) is 22.7. The minimum Gasteiger partial charge on any atom is -0.211 e. The van der Waals surface area contributed by atoms with Gasteiger partial charge in [0.1, 0.15) is 0 Å². The lowest BCUT2D eigenvalue weighted by Gasteiger charge is -2.18. The SMILES string of the molecule is CCCCCCCCCCCCCCCCCCc1cc(C(C)C)c(N=C=O)c(C(C)C)c1. The number of unbranched alkanes of at least 4 members (excludes halogenated alkanes) is 15. The zero-order valence-corrected chi connectivity index (χ0v) is 22.7. The van der Waals surface area contributed by atoms with Gasteiger partial charge in [-0.2, -0.15) is 4.99 Å². The molecule has 0 N–H and O–H groups in total. The van der Waals surface area contributed by atoms with Crippen LogP contribution in [0.4, 0.5) is 5.69 Å². The Morgan fingerprint density at radius 2 is 1.00 bits per heavy atom. The van der Waals surface area contributed by atoms with E-state index in [2.05, 4.69) is 51.7 Å². The van der Waals surface area contributed by atoms with Crippen LogP contribution in [-0.4, -0.2) is 6.08 Å². The number of rotatable bonds is 20. The van der Waals surface area contributed by atoms with Crippen molar-refractivity contribution < 1.29 is 4.79 Å². The van der Waals surface area contributed by atoms with Crippen LogP contribution in [0.3, 0.4) is 0 Å². The largest absolute Gasteiger partial charge is 0.240 e. The van der Waals surface area contributed by atoms with Crippen molar-refractivity contribution in [2.45, 2.75) is 156 Å². The smallest absolute Gasteiger partial charge is 0.211 e. The quantitative estimate of drug-likeness (QED) is 0.109. The van der Waals surface area contributed by atoms with Gasteiger partial charge in [-0.25, -0.2) is 4.79 Å². The van der Waals surface area contributed by atoms with Crippen molar-refractivity contribution in [1.82, 2.24) is 0 Å². The molecule has 0 aliphatic rings. The molecule has 33 heavy (non-hydrogen) atoms. The lowest BCUT2D eigenvalue weighted by atomic mass is 9.89. The summed E-state index contributed by atoms with van der Waals surface area (Å²) in [5, 5.41) is 0. The number of aliphatic imine (C=N–C) groups is 1. The Kier molecular flexibility index (Phi) is 17.0. The monoisotopic (exact) mass is 455 g/mol. The van der Waals surface area contributed by atoms with Gasteiger partial charge < -0.3 is 0 Å². The Bertz CT molecular complexity index is 640. The normalized spacial score (nSPS) is 11.4. The first-order valence-electron chi connectivity index (χ1n) is 14.3. The molecule has 0 saturated carbocycles. The zero-order chi connectivity index (χ0) is 24.3. The summed E-state index contributed by atoms with van der Waals surface area (Å²) in [4.78, 5) is 15.0. The standard InChI is InChI=1S/C31H53NO/c1-6-7-8-9-10-11-12-13-14-15-16-17-18-19-20-21-22-28-23-29(26(2)3)31(32-25-33)30(24-28)27(4)5/h23-24,26-27H,6-22H2,1-5H3. The summed E-state index contributed by atoms with van der Waals surface area (Å²) in [6, 6.07) is 4.55. The lowest BCUT2D eigenvalue weighted by Crippen LogP contribution is -1.99. The van der Waals surface area contributed by atoms with Crippen molar-refractivity contribution in [2.24, 2.45) is 4.99 Å². The van der Waals surface area contributed by atoms with Gasteiger partial charge >= 0.3 is 0 Å². The predicted octanol–water partition coefficient (Wildman–Crippen LogP) is 10.7. The summed E-state index contributed by atoms with van der Waals surface area (Å²) in [7, 11) is 0. The number of nitrogens with zero attached hydrogens (tertiary/aromatic N) is 1. The second-order valence-corrected chi connectivity index (χ2v) is 10.7. The summed E-state index contributed by atoms with van der Waals surface area (Å²) >= 11 is 0. The first-order chi connectivity index (χ1) is 16.0. The van der Waals surface area contributed by atoms with Crippen molar-refractivity contribution in [3.8, 4) is 0 Å². The lowest BCUT2D eigenvalue weighted by molar-refractivity contribution is 0.529. The van der Waals surface area contributed by atoms with Gasteiger partial charge in [0.25, 0.3) is 0 Å². The summed E-state index contributed by atoms with van der Waals surface area (Å²) < 4.78 is 0. The average Bonchev–Trinajstić information content (AvgIpc) is 2.79. The molecule has 0 unspecified atom stereocenters. The van der Waals surface area contributed by atoms with Crippen LogP contribution in [0, 0.1) is 0 Å². The van der Waals surface area contributed by atoms with Crippen LogP contribution in [0.1, 0.15) is 166 Å². The first-order valence-corrected chi connectivity index (χ1v) is 14.3. The summed E-state index contributed by atoms with van der Waals surface area (Å²) in [5.41, 5.74) is 4.63. The van der Waals surface area contributed by atoms with Crippen molar-refractivity contribution in [1.29, 1.82) is 0 Å². The maximum absolute atomic E-state index is 11.0. The topological polar surface area (TPSA) is 29.4 Å². The van der Waals surface area contributed by atoms with Crippen LogP contribution in [0.25, 0.3) is 0 Å². The van der Waals surface area contributed by atoms with Crippen LogP contribution in [0.15, 0.2) is 17.1 Å². The van der Waals surface area contributed by atoms with E-state index in [9.17, 15) is 4.79 Å². The maximum atomic E-state index is 11.0. The van der Waals surface area contributed by atoms with Gasteiger partial charge in [-0.3, -0.25) is 0 Å². The first kappa shape index (κ1) is 29.6. The number of isocyanates is 1. The third-order valence-corrected chi connectivity index (χ3v) is 6.95. The molecule has 2 heteroatoms. The van der Waals surface area contributed by atoms with Gasteiger partial charge in [0.2, 0.25) is 6.08 Å². The number of benzene rings is 1. The van der Waals surface area contributed by atoms with Crippen molar-refractivity contribution in [3.63, 3.8) is 0 Å². The van der Waals surface area contributed by atoms with E-state index in [0.29, 0.717) is 11.8 Å². The Hall–Kier alpha value is -1.40. The highest BCUT2D eigenvalue weighted by Gasteiger charge is 2.15. The minimum absolute atomic E-state index is 0.361. The maximum Gasteiger partial charge on any atom is 0.240 e. The molecule has 2 nitrogen and oxygen atoms in total. The molecule has 0 fully saturated rings. The second kappa shape index (κ2) is 19.0. The molecule has 1 aromatic rings. The van der Waals surface area contributed by atoms with E-state index in [0.717, 1.165) is 12.1 Å². The minimum atomic E-state index is 0.361. The highest BCUT2D eigenvalue weighted by atomic mass is 16.1. The molecule has 0 amide bonds. The van der Waals surface area contributed by atoms with Crippen molar-refractivity contribution >= 4 is 11.8 Å². The van der Waals surface area contributed by atoms with E-state index >= 15 is 0 Å². The van der Waals surface area contributed by atoms with Gasteiger partial charge in [0.15, 0.2) is 0 Å². The van der Waals surface area contributed by atoms with E-state index in [1.165, 1.54) is 119 Å². The summed E-state index contributed by atoms with van der Waals surface area (Å²) in [6.07, 6.45) is 25.4. The van der Waals surface area contributed by atoms with Crippen LogP contribution in [-0.2, 0) is 11.2 Å². The number of carbonyl (C=O) groups excluding carboxylic acids is 1. The molecular weight excluding hydrogens is 402 g/mol. The highest BCUT2D eigenvalue weighted by Crippen LogP contribution is 2.36. The summed E-state index contributed by atoms with van der Waals surface area (Å²) in [5.74, 6) is 0.723. The fraction of sp³-hybridized carbons (Fsp3) is 0.774. The van der Waals surface area contributed by atoms with Crippen LogP contribution >= 0.6 is 0 Å². The molecule has 0 saturated heterocycles. The number of hydrogen-bond donors (Lipinski definition) is 0. The van der Waals surface area contributed by atoms with E-state index in [-0.39, 0.29) is 0 Å². The van der Waals surface area contributed by atoms with Crippen LogP contribution in [0.5, 0.6) is 0 Å². The van der Waals surface area contributed by atoms with Gasteiger partial charge in [-0.1, -0.05) is 143 Å². The fourth-order valence-electron chi connectivity index (χ4n) is 4.82. The molecule has 1 rings (SSSR count). The Morgan fingerprint density at radius 3 is 1.33 bits per heavy atom. The third kappa shape index (κ3) is 13.2. The van der Waals surface area contributed by atoms with E-state index < -0.39 is 0 Å². The molecule has 0 aliphatic carbocycles. The van der Waals surface area contributed by atoms with Crippen molar-refractivity contribution in [3.05, 3.63) is 28.8 Å². The molecule has 0 spiro atoms. The molecule has 0 aromatic heterocycles. The summed E-state index contributed by atoms with van der Waals surface area (Å²) in [6.45, 7) is 11.0. The molecule has 0 aliphatic heterocycles. The average molecular weight is 456 g/mol. The van der Waals surface area contributed by atoms with Crippen molar-refractivity contribution in [2.75, 3.05) is 0 Å². The number of hydrogen-bond acceptors (Lipinski definition) is 2. The van der Waals surface area contributed by atoms with E-state index in [1.54, 1.807) is 6.08 Å². The highest BCUT2D eigenvalue weighted by molar-refractivity contribution is 5.62. The number of aryl methyl sites for hydroxylation is 1. The van der Waals surface area contributed by atoms with Crippen LogP contribution in [0.2, 0.25) is 0 Å². The molecule has 188 valence electrons. The third-order valence-electron chi connectivity index (χ3n) is 6.95.